The van der Waals surface area contributed by atoms with E-state index in [9.17, 15) is 0 Å². The van der Waals surface area contributed by atoms with Crippen molar-refractivity contribution in [3.8, 4) is 6.07 Å². The number of nitrogens with zero attached hydrogens (tertiary/aromatic N) is 1. The van der Waals surface area contributed by atoms with Gasteiger partial charge in [0.25, 0.3) is 0 Å². The number of ether oxygens (including phenoxy) is 1. The minimum Gasteiger partial charge on any atom is -0.385 e. The molecule has 2 unspecified atom stereocenters. The molecule has 0 bridgehead atoms. The van der Waals surface area contributed by atoms with Crippen LogP contribution >= 0.6 is 0 Å². The second-order valence-corrected chi connectivity index (χ2v) is 3.80. The summed E-state index contributed by atoms with van der Waals surface area (Å²) in [5.74, 6) is 0.553. The molecule has 0 saturated heterocycles. The van der Waals surface area contributed by atoms with Crippen LogP contribution in [0.2, 0.25) is 0 Å². The van der Waals surface area contributed by atoms with Gasteiger partial charge in [0.15, 0.2) is 0 Å². The molecule has 0 spiro atoms. The van der Waals surface area contributed by atoms with Crippen molar-refractivity contribution in [2.24, 2.45) is 11.3 Å². The molecule has 1 rings (SSSR count). The molecule has 2 nitrogen and oxygen atoms in total. The Morgan fingerprint density at radius 3 is 2.83 bits per heavy atom. The lowest BCUT2D eigenvalue weighted by atomic mass is 9.78. The fraction of sp³-hybridized carbons (Fsp3) is 0.900. The first-order valence-corrected chi connectivity index (χ1v) is 4.65. The number of nitriles is 1. The molecule has 1 fully saturated rings. The number of hydrogen-bond donors (Lipinski definition) is 0. The highest BCUT2D eigenvalue weighted by molar-refractivity contribution is 5.05. The zero-order valence-corrected chi connectivity index (χ0v) is 7.97. The van der Waals surface area contributed by atoms with E-state index in [1.807, 2.05) is 0 Å². The molecule has 1 saturated carbocycles. The van der Waals surface area contributed by atoms with Crippen molar-refractivity contribution in [1.82, 2.24) is 0 Å². The fourth-order valence-electron chi connectivity index (χ4n) is 2.12. The summed E-state index contributed by atoms with van der Waals surface area (Å²) < 4.78 is 5.03. The zero-order chi connectivity index (χ0) is 9.03. The number of rotatable bonds is 3. The monoisotopic (exact) mass is 167 g/mol. The zero-order valence-electron chi connectivity index (χ0n) is 7.97. The normalized spacial score (nSPS) is 34.9. The van der Waals surface area contributed by atoms with E-state index in [0.717, 1.165) is 19.4 Å². The summed E-state index contributed by atoms with van der Waals surface area (Å²) >= 11 is 0. The summed E-state index contributed by atoms with van der Waals surface area (Å²) in [5.41, 5.74) is -0.0734. The minimum absolute atomic E-state index is 0.0734. The Hall–Kier alpha value is -0.550. The van der Waals surface area contributed by atoms with Gasteiger partial charge in [0, 0.05) is 13.7 Å². The number of hydrogen-bond acceptors (Lipinski definition) is 2. The van der Waals surface area contributed by atoms with Gasteiger partial charge in [-0.15, -0.1) is 0 Å². The molecule has 2 atom stereocenters. The standard InChI is InChI=1S/C10H17NO/c1-9-4-3-5-10(9,8-11)6-7-12-2/h9H,3-7H2,1-2H3. The molecule has 0 N–H and O–H groups in total. The topological polar surface area (TPSA) is 33.0 Å². The van der Waals surface area contributed by atoms with Gasteiger partial charge < -0.3 is 4.74 Å². The second kappa shape index (κ2) is 3.91. The highest BCUT2D eigenvalue weighted by Crippen LogP contribution is 2.45. The molecule has 0 heterocycles. The average Bonchev–Trinajstić information content (AvgIpc) is 2.45. The van der Waals surface area contributed by atoms with E-state index in [4.69, 9.17) is 10.00 Å². The molecular formula is C10H17NO. The van der Waals surface area contributed by atoms with Gasteiger partial charge >= 0.3 is 0 Å². The molecule has 2 heteroatoms. The Morgan fingerprint density at radius 1 is 1.67 bits per heavy atom. The molecule has 0 aromatic carbocycles. The van der Waals surface area contributed by atoms with Gasteiger partial charge in [-0.05, 0) is 25.2 Å². The summed E-state index contributed by atoms with van der Waals surface area (Å²) in [7, 11) is 1.70. The maximum absolute atomic E-state index is 9.11. The summed E-state index contributed by atoms with van der Waals surface area (Å²) in [6, 6.07) is 2.48. The molecule has 0 aliphatic heterocycles. The summed E-state index contributed by atoms with van der Waals surface area (Å²) in [6.07, 6.45) is 4.38. The van der Waals surface area contributed by atoms with Gasteiger partial charge in [-0.1, -0.05) is 13.3 Å². The Kier molecular flexibility index (Phi) is 3.11. The van der Waals surface area contributed by atoms with Crippen LogP contribution in [0.1, 0.15) is 32.6 Å². The van der Waals surface area contributed by atoms with Crippen LogP contribution in [0.25, 0.3) is 0 Å². The van der Waals surface area contributed by atoms with Crippen molar-refractivity contribution < 1.29 is 4.74 Å². The Balaban J connectivity index is 2.57. The largest absolute Gasteiger partial charge is 0.385 e. The molecule has 12 heavy (non-hydrogen) atoms. The van der Waals surface area contributed by atoms with E-state index in [2.05, 4.69) is 13.0 Å². The Bertz CT molecular complexity index is 185. The van der Waals surface area contributed by atoms with Crippen molar-refractivity contribution in [3.63, 3.8) is 0 Å². The predicted molar refractivity (Wildman–Crippen MR) is 47.6 cm³/mol. The molecule has 0 amide bonds. The summed E-state index contributed by atoms with van der Waals surface area (Å²) in [5, 5.41) is 9.11. The molecule has 68 valence electrons. The maximum atomic E-state index is 9.11. The quantitative estimate of drug-likeness (QED) is 0.646. The lowest BCUT2D eigenvalue weighted by molar-refractivity contribution is 0.144. The maximum Gasteiger partial charge on any atom is 0.0693 e. The van der Waals surface area contributed by atoms with Gasteiger partial charge in [0.05, 0.1) is 11.5 Å². The van der Waals surface area contributed by atoms with E-state index in [1.54, 1.807) is 7.11 Å². The van der Waals surface area contributed by atoms with Crippen LogP contribution in [0, 0.1) is 22.7 Å². The third-order valence-electron chi connectivity index (χ3n) is 3.18. The lowest BCUT2D eigenvalue weighted by Crippen LogP contribution is -2.23. The van der Waals surface area contributed by atoms with E-state index in [1.165, 1.54) is 12.8 Å². The molecule has 1 aliphatic carbocycles. The number of methoxy groups -OCH3 is 1. The van der Waals surface area contributed by atoms with Crippen LogP contribution in [0.4, 0.5) is 0 Å². The van der Waals surface area contributed by atoms with Crippen LogP contribution in [0.5, 0.6) is 0 Å². The molecule has 0 aromatic heterocycles. The SMILES string of the molecule is COCCC1(C#N)CCCC1C. The van der Waals surface area contributed by atoms with Crippen molar-refractivity contribution in [2.45, 2.75) is 32.6 Å². The Morgan fingerprint density at radius 2 is 2.42 bits per heavy atom. The lowest BCUT2D eigenvalue weighted by Gasteiger charge is -2.25. The van der Waals surface area contributed by atoms with E-state index in [0.29, 0.717) is 5.92 Å². The first-order chi connectivity index (χ1) is 5.75. The van der Waals surface area contributed by atoms with E-state index in [-0.39, 0.29) is 5.41 Å². The summed E-state index contributed by atoms with van der Waals surface area (Å²) in [6.45, 7) is 2.91. The molecule has 1 aliphatic rings. The predicted octanol–water partition coefficient (Wildman–Crippen LogP) is 2.35. The van der Waals surface area contributed by atoms with E-state index >= 15 is 0 Å². The van der Waals surface area contributed by atoms with Gasteiger partial charge in [-0.3, -0.25) is 0 Å². The van der Waals surface area contributed by atoms with Crippen molar-refractivity contribution in [2.75, 3.05) is 13.7 Å². The summed E-state index contributed by atoms with van der Waals surface area (Å²) in [4.78, 5) is 0. The van der Waals surface area contributed by atoms with Crippen LogP contribution in [-0.4, -0.2) is 13.7 Å². The van der Waals surface area contributed by atoms with Crippen LogP contribution in [-0.2, 0) is 4.74 Å². The third kappa shape index (κ3) is 1.61. The average molecular weight is 167 g/mol. The van der Waals surface area contributed by atoms with Gasteiger partial charge in [0.1, 0.15) is 0 Å². The first kappa shape index (κ1) is 9.54. The van der Waals surface area contributed by atoms with Gasteiger partial charge in [-0.25, -0.2) is 0 Å². The smallest absolute Gasteiger partial charge is 0.0693 e. The molecular weight excluding hydrogens is 150 g/mol. The van der Waals surface area contributed by atoms with Gasteiger partial charge in [-0.2, -0.15) is 5.26 Å². The Labute approximate surface area is 74.5 Å². The van der Waals surface area contributed by atoms with Crippen LogP contribution < -0.4 is 0 Å². The highest BCUT2D eigenvalue weighted by atomic mass is 16.5. The van der Waals surface area contributed by atoms with E-state index < -0.39 is 0 Å². The molecule has 0 aromatic rings. The first-order valence-electron chi connectivity index (χ1n) is 4.65. The second-order valence-electron chi connectivity index (χ2n) is 3.80. The minimum atomic E-state index is -0.0734. The fourth-order valence-corrected chi connectivity index (χ4v) is 2.12. The van der Waals surface area contributed by atoms with Crippen molar-refractivity contribution in [1.29, 1.82) is 5.26 Å². The van der Waals surface area contributed by atoms with Crippen LogP contribution in [0.3, 0.4) is 0 Å². The van der Waals surface area contributed by atoms with Crippen molar-refractivity contribution in [3.05, 3.63) is 0 Å². The third-order valence-corrected chi connectivity index (χ3v) is 3.18. The highest BCUT2D eigenvalue weighted by Gasteiger charge is 2.39. The molecule has 0 radical (unpaired) electrons. The van der Waals surface area contributed by atoms with Crippen molar-refractivity contribution >= 4 is 0 Å². The van der Waals surface area contributed by atoms with Gasteiger partial charge in [0.2, 0.25) is 0 Å². The van der Waals surface area contributed by atoms with Crippen LogP contribution in [0.15, 0.2) is 0 Å².